The Kier molecular flexibility index (Phi) is 4.15. The largest absolute Gasteiger partial charge is 0.392 e. The maximum atomic E-state index is 8.96. The molecule has 1 rings (SSSR count). The molecule has 0 aromatic carbocycles. The molecule has 0 spiro atoms. The van der Waals surface area contributed by atoms with E-state index in [1.807, 2.05) is 6.92 Å². The third-order valence-corrected chi connectivity index (χ3v) is 3.88. The van der Waals surface area contributed by atoms with Gasteiger partial charge in [0.05, 0.1) is 6.61 Å². The Morgan fingerprint density at radius 3 is 2.73 bits per heavy atom. The Labute approximate surface area is 93.9 Å². The molecular weight excluding hydrogens is 184 g/mol. The van der Waals surface area contributed by atoms with Crippen LogP contribution in [0.15, 0.2) is 23.3 Å². The lowest BCUT2D eigenvalue weighted by Gasteiger charge is -2.30. The average molecular weight is 208 g/mol. The fourth-order valence-electron chi connectivity index (χ4n) is 2.50. The van der Waals surface area contributed by atoms with Crippen molar-refractivity contribution >= 4 is 0 Å². The number of aliphatic hydroxyl groups excluding tert-OH is 1. The summed E-state index contributed by atoms with van der Waals surface area (Å²) in [5, 5.41) is 8.96. The van der Waals surface area contributed by atoms with Crippen LogP contribution >= 0.6 is 0 Å². The minimum atomic E-state index is 0.196. The first-order chi connectivity index (χ1) is 7.02. The van der Waals surface area contributed by atoms with Crippen LogP contribution in [0.4, 0.5) is 0 Å². The standard InChI is InChI=1S/C14H24O/c1-5-12-8-9-13(14(12,3)4)7-6-11(2)10-15/h6,8,13,15H,5,7,9-10H2,1-4H3. The van der Waals surface area contributed by atoms with Gasteiger partial charge in [-0.25, -0.2) is 0 Å². The summed E-state index contributed by atoms with van der Waals surface area (Å²) in [6, 6.07) is 0. The summed E-state index contributed by atoms with van der Waals surface area (Å²) in [6.07, 6.45) is 8.07. The highest BCUT2D eigenvalue weighted by atomic mass is 16.3. The van der Waals surface area contributed by atoms with Gasteiger partial charge in [0, 0.05) is 0 Å². The van der Waals surface area contributed by atoms with Crippen molar-refractivity contribution in [1.29, 1.82) is 0 Å². The zero-order valence-electron chi connectivity index (χ0n) is 10.5. The van der Waals surface area contributed by atoms with Gasteiger partial charge in [-0.1, -0.05) is 44.1 Å². The van der Waals surface area contributed by atoms with Gasteiger partial charge in [-0.05, 0) is 37.5 Å². The summed E-state index contributed by atoms with van der Waals surface area (Å²) >= 11 is 0. The Morgan fingerprint density at radius 1 is 1.60 bits per heavy atom. The van der Waals surface area contributed by atoms with E-state index >= 15 is 0 Å². The molecule has 0 fully saturated rings. The van der Waals surface area contributed by atoms with Crippen LogP contribution in [0.5, 0.6) is 0 Å². The van der Waals surface area contributed by atoms with E-state index in [9.17, 15) is 0 Å². The van der Waals surface area contributed by atoms with Crippen LogP contribution in [0.3, 0.4) is 0 Å². The molecule has 0 aliphatic heterocycles. The van der Waals surface area contributed by atoms with Gasteiger partial charge in [-0.15, -0.1) is 0 Å². The van der Waals surface area contributed by atoms with Crippen LogP contribution in [0.1, 0.15) is 47.0 Å². The van der Waals surface area contributed by atoms with Crippen molar-refractivity contribution < 1.29 is 5.11 Å². The molecule has 0 saturated heterocycles. The van der Waals surface area contributed by atoms with Crippen molar-refractivity contribution in [3.63, 3.8) is 0 Å². The topological polar surface area (TPSA) is 20.2 Å². The van der Waals surface area contributed by atoms with Crippen molar-refractivity contribution in [3.05, 3.63) is 23.3 Å². The molecule has 0 amide bonds. The molecule has 15 heavy (non-hydrogen) atoms. The van der Waals surface area contributed by atoms with Crippen LogP contribution < -0.4 is 0 Å². The minimum Gasteiger partial charge on any atom is -0.392 e. The SMILES string of the molecule is CCC1=CCC(CC=C(C)CO)C1(C)C. The lowest BCUT2D eigenvalue weighted by Crippen LogP contribution is -2.20. The molecule has 1 heteroatoms. The first-order valence-corrected chi connectivity index (χ1v) is 5.98. The molecule has 1 aliphatic carbocycles. The van der Waals surface area contributed by atoms with Gasteiger partial charge in [0.1, 0.15) is 0 Å². The van der Waals surface area contributed by atoms with Gasteiger partial charge in [0.25, 0.3) is 0 Å². The summed E-state index contributed by atoms with van der Waals surface area (Å²) < 4.78 is 0. The molecule has 86 valence electrons. The number of rotatable bonds is 4. The molecule has 0 radical (unpaired) electrons. The third kappa shape index (κ3) is 2.72. The van der Waals surface area contributed by atoms with Gasteiger partial charge < -0.3 is 5.11 Å². The molecule has 1 aliphatic rings. The van der Waals surface area contributed by atoms with E-state index in [2.05, 4.69) is 32.9 Å². The minimum absolute atomic E-state index is 0.196. The molecule has 1 unspecified atom stereocenters. The predicted octanol–water partition coefficient (Wildman–Crippen LogP) is 3.70. The van der Waals surface area contributed by atoms with Crippen molar-refractivity contribution in [3.8, 4) is 0 Å². The summed E-state index contributed by atoms with van der Waals surface area (Å²) in [4.78, 5) is 0. The molecule has 0 bridgehead atoms. The number of aliphatic hydroxyl groups is 1. The monoisotopic (exact) mass is 208 g/mol. The van der Waals surface area contributed by atoms with Crippen molar-refractivity contribution in [2.24, 2.45) is 11.3 Å². The zero-order valence-corrected chi connectivity index (χ0v) is 10.5. The van der Waals surface area contributed by atoms with Gasteiger partial charge in [0.15, 0.2) is 0 Å². The maximum Gasteiger partial charge on any atom is 0.0639 e. The Morgan fingerprint density at radius 2 is 2.27 bits per heavy atom. The van der Waals surface area contributed by atoms with E-state index in [1.54, 1.807) is 5.57 Å². The number of hydrogen-bond acceptors (Lipinski definition) is 1. The Balaban J connectivity index is 2.61. The van der Waals surface area contributed by atoms with Gasteiger partial charge in [0.2, 0.25) is 0 Å². The average Bonchev–Trinajstić information content (AvgIpc) is 2.49. The van der Waals surface area contributed by atoms with E-state index in [0.29, 0.717) is 11.3 Å². The quantitative estimate of drug-likeness (QED) is 0.698. The second-order valence-corrected chi connectivity index (χ2v) is 5.18. The second-order valence-electron chi connectivity index (χ2n) is 5.18. The predicted molar refractivity (Wildman–Crippen MR) is 65.7 cm³/mol. The highest BCUT2D eigenvalue weighted by Crippen LogP contribution is 2.46. The molecular formula is C14H24O. The van der Waals surface area contributed by atoms with E-state index < -0.39 is 0 Å². The zero-order chi connectivity index (χ0) is 11.5. The lowest BCUT2D eigenvalue weighted by molar-refractivity contribution is 0.287. The fourth-order valence-corrected chi connectivity index (χ4v) is 2.50. The van der Waals surface area contributed by atoms with Crippen LogP contribution in [-0.2, 0) is 0 Å². The van der Waals surface area contributed by atoms with E-state index in [4.69, 9.17) is 5.11 Å². The summed E-state index contributed by atoms with van der Waals surface area (Å²) in [5.74, 6) is 0.717. The molecule has 0 aromatic heterocycles. The van der Waals surface area contributed by atoms with Gasteiger partial charge >= 0.3 is 0 Å². The smallest absolute Gasteiger partial charge is 0.0639 e. The molecule has 0 saturated carbocycles. The molecule has 0 aromatic rings. The van der Waals surface area contributed by atoms with Gasteiger partial charge in [-0.3, -0.25) is 0 Å². The van der Waals surface area contributed by atoms with Crippen LogP contribution in [0.25, 0.3) is 0 Å². The molecule has 0 heterocycles. The maximum absolute atomic E-state index is 8.96. The number of hydrogen-bond donors (Lipinski definition) is 1. The highest BCUT2D eigenvalue weighted by Gasteiger charge is 2.35. The summed E-state index contributed by atoms with van der Waals surface area (Å²) in [7, 11) is 0. The van der Waals surface area contributed by atoms with Crippen LogP contribution in [0.2, 0.25) is 0 Å². The molecule has 1 N–H and O–H groups in total. The normalized spacial score (nSPS) is 25.5. The van der Waals surface area contributed by atoms with Crippen molar-refractivity contribution in [2.45, 2.75) is 47.0 Å². The summed E-state index contributed by atoms with van der Waals surface area (Å²) in [6.45, 7) is 9.13. The van der Waals surface area contributed by atoms with Crippen molar-refractivity contribution in [2.75, 3.05) is 6.61 Å². The van der Waals surface area contributed by atoms with E-state index in [0.717, 1.165) is 12.0 Å². The highest BCUT2D eigenvalue weighted by molar-refractivity contribution is 5.21. The lowest BCUT2D eigenvalue weighted by atomic mass is 9.75. The third-order valence-electron chi connectivity index (χ3n) is 3.88. The first kappa shape index (κ1) is 12.5. The Bertz CT molecular complexity index is 271. The van der Waals surface area contributed by atoms with E-state index in [-0.39, 0.29) is 6.61 Å². The first-order valence-electron chi connectivity index (χ1n) is 5.98. The Hall–Kier alpha value is -0.560. The van der Waals surface area contributed by atoms with Gasteiger partial charge in [-0.2, -0.15) is 0 Å². The van der Waals surface area contributed by atoms with Crippen molar-refractivity contribution in [1.82, 2.24) is 0 Å². The number of allylic oxidation sites excluding steroid dienone is 3. The van der Waals surface area contributed by atoms with Crippen LogP contribution in [0, 0.1) is 11.3 Å². The van der Waals surface area contributed by atoms with Crippen LogP contribution in [-0.4, -0.2) is 11.7 Å². The fraction of sp³-hybridized carbons (Fsp3) is 0.714. The van der Waals surface area contributed by atoms with E-state index in [1.165, 1.54) is 12.8 Å². The second kappa shape index (κ2) is 4.98. The molecule has 1 atom stereocenters. The summed E-state index contributed by atoms with van der Waals surface area (Å²) in [5.41, 5.74) is 3.04. The molecule has 1 nitrogen and oxygen atoms in total.